The molecule has 0 aromatic heterocycles. The number of hydrogen-bond acceptors (Lipinski definition) is 1. The van der Waals surface area contributed by atoms with E-state index in [1.54, 1.807) is 0 Å². The number of rotatable bonds is 4. The lowest BCUT2D eigenvalue weighted by Gasteiger charge is -2.32. The molecule has 20 heavy (non-hydrogen) atoms. The van der Waals surface area contributed by atoms with E-state index in [2.05, 4.69) is 38.2 Å². The zero-order valence-electron chi connectivity index (χ0n) is 12.4. The van der Waals surface area contributed by atoms with Crippen LogP contribution in [0.3, 0.4) is 0 Å². The Hall–Kier alpha value is -1.67. The molecule has 2 aromatic carbocycles. The summed E-state index contributed by atoms with van der Waals surface area (Å²) in [6, 6.07) is 17.3. The second-order valence-electron chi connectivity index (χ2n) is 6.22. The van der Waals surface area contributed by atoms with E-state index in [0.29, 0.717) is 0 Å². The van der Waals surface area contributed by atoms with Crippen molar-refractivity contribution in [2.24, 2.45) is 5.41 Å². The SMILES string of the molecule is CC(C)(C)C(NCc1ccccc1)c1ccc(F)cc1. The van der Waals surface area contributed by atoms with Crippen molar-refractivity contribution in [1.82, 2.24) is 5.32 Å². The molecule has 0 spiro atoms. The highest BCUT2D eigenvalue weighted by Crippen LogP contribution is 2.33. The van der Waals surface area contributed by atoms with Gasteiger partial charge in [0, 0.05) is 12.6 Å². The number of nitrogens with one attached hydrogen (secondary N) is 1. The van der Waals surface area contributed by atoms with E-state index in [-0.39, 0.29) is 17.3 Å². The molecule has 0 aliphatic heterocycles. The van der Waals surface area contributed by atoms with Crippen molar-refractivity contribution in [3.63, 3.8) is 0 Å². The van der Waals surface area contributed by atoms with Gasteiger partial charge in [0.2, 0.25) is 0 Å². The van der Waals surface area contributed by atoms with Crippen LogP contribution in [0.1, 0.15) is 37.9 Å². The van der Waals surface area contributed by atoms with Crippen molar-refractivity contribution in [3.8, 4) is 0 Å². The van der Waals surface area contributed by atoms with E-state index in [0.717, 1.165) is 12.1 Å². The van der Waals surface area contributed by atoms with Crippen LogP contribution in [-0.4, -0.2) is 0 Å². The van der Waals surface area contributed by atoms with Crippen molar-refractivity contribution < 1.29 is 4.39 Å². The summed E-state index contributed by atoms with van der Waals surface area (Å²) < 4.78 is 13.1. The summed E-state index contributed by atoms with van der Waals surface area (Å²) in [5.41, 5.74) is 2.44. The summed E-state index contributed by atoms with van der Waals surface area (Å²) in [5, 5.41) is 3.59. The van der Waals surface area contributed by atoms with Gasteiger partial charge in [-0.25, -0.2) is 4.39 Å². The molecule has 0 aliphatic rings. The Morgan fingerprint density at radius 1 is 0.950 bits per heavy atom. The first kappa shape index (κ1) is 14.7. The highest BCUT2D eigenvalue weighted by Gasteiger charge is 2.25. The quantitative estimate of drug-likeness (QED) is 0.849. The molecule has 1 nitrogen and oxygen atoms in total. The van der Waals surface area contributed by atoms with Gasteiger partial charge in [-0.3, -0.25) is 0 Å². The van der Waals surface area contributed by atoms with Gasteiger partial charge in [0.15, 0.2) is 0 Å². The van der Waals surface area contributed by atoms with Gasteiger partial charge in [0.25, 0.3) is 0 Å². The third-order valence-electron chi connectivity index (χ3n) is 3.42. The zero-order valence-corrected chi connectivity index (χ0v) is 12.4. The maximum Gasteiger partial charge on any atom is 0.123 e. The minimum atomic E-state index is -0.190. The summed E-state index contributed by atoms with van der Waals surface area (Å²) in [7, 11) is 0. The Morgan fingerprint density at radius 2 is 1.55 bits per heavy atom. The smallest absolute Gasteiger partial charge is 0.123 e. The molecule has 0 saturated heterocycles. The molecule has 0 fully saturated rings. The van der Waals surface area contributed by atoms with Crippen LogP contribution in [0.2, 0.25) is 0 Å². The average Bonchev–Trinajstić information content (AvgIpc) is 2.41. The molecular formula is C18H22FN. The minimum absolute atomic E-state index is 0.0621. The Bertz CT molecular complexity index is 526. The van der Waals surface area contributed by atoms with E-state index in [4.69, 9.17) is 0 Å². The van der Waals surface area contributed by atoms with Gasteiger partial charge >= 0.3 is 0 Å². The fraction of sp³-hybridized carbons (Fsp3) is 0.333. The average molecular weight is 271 g/mol. The van der Waals surface area contributed by atoms with Crippen molar-refractivity contribution in [2.45, 2.75) is 33.4 Å². The van der Waals surface area contributed by atoms with E-state index in [1.807, 2.05) is 30.3 Å². The van der Waals surface area contributed by atoms with E-state index in [1.165, 1.54) is 17.7 Å². The van der Waals surface area contributed by atoms with Gasteiger partial charge in [-0.2, -0.15) is 0 Å². The lowest BCUT2D eigenvalue weighted by atomic mass is 9.82. The van der Waals surface area contributed by atoms with Crippen molar-refractivity contribution in [1.29, 1.82) is 0 Å². The first-order chi connectivity index (χ1) is 9.47. The van der Waals surface area contributed by atoms with Gasteiger partial charge in [-0.1, -0.05) is 63.2 Å². The molecule has 0 radical (unpaired) electrons. The number of halogens is 1. The maximum atomic E-state index is 13.1. The normalized spacial score (nSPS) is 13.2. The number of benzene rings is 2. The second-order valence-corrected chi connectivity index (χ2v) is 6.22. The highest BCUT2D eigenvalue weighted by molar-refractivity contribution is 5.22. The Balaban J connectivity index is 2.14. The predicted molar refractivity (Wildman–Crippen MR) is 81.9 cm³/mol. The third-order valence-corrected chi connectivity index (χ3v) is 3.42. The summed E-state index contributed by atoms with van der Waals surface area (Å²) in [5.74, 6) is -0.190. The maximum absolute atomic E-state index is 13.1. The van der Waals surface area contributed by atoms with Gasteiger partial charge in [-0.15, -0.1) is 0 Å². The highest BCUT2D eigenvalue weighted by atomic mass is 19.1. The summed E-state index contributed by atoms with van der Waals surface area (Å²) in [6.07, 6.45) is 0. The van der Waals surface area contributed by atoms with Crippen LogP contribution in [0.5, 0.6) is 0 Å². The topological polar surface area (TPSA) is 12.0 Å². The lowest BCUT2D eigenvalue weighted by Crippen LogP contribution is -2.32. The molecule has 1 unspecified atom stereocenters. The van der Waals surface area contributed by atoms with Crippen LogP contribution < -0.4 is 5.32 Å². The molecule has 0 aliphatic carbocycles. The van der Waals surface area contributed by atoms with Gasteiger partial charge in [0.05, 0.1) is 0 Å². The Labute approximate surface area is 120 Å². The fourth-order valence-electron chi connectivity index (χ4n) is 2.40. The standard InChI is InChI=1S/C18H22FN/c1-18(2,3)17(15-9-11-16(19)12-10-15)20-13-14-7-5-4-6-8-14/h4-12,17,20H,13H2,1-3H3. The van der Waals surface area contributed by atoms with E-state index in [9.17, 15) is 4.39 Å². The van der Waals surface area contributed by atoms with Crippen LogP contribution in [0.4, 0.5) is 4.39 Å². The molecule has 0 saturated carbocycles. The van der Waals surface area contributed by atoms with Crippen LogP contribution in [0.15, 0.2) is 54.6 Å². The van der Waals surface area contributed by atoms with Crippen LogP contribution >= 0.6 is 0 Å². The van der Waals surface area contributed by atoms with Gasteiger partial charge < -0.3 is 5.32 Å². The van der Waals surface area contributed by atoms with Crippen molar-refractivity contribution in [3.05, 3.63) is 71.5 Å². The first-order valence-electron chi connectivity index (χ1n) is 6.99. The monoisotopic (exact) mass is 271 g/mol. The fourth-order valence-corrected chi connectivity index (χ4v) is 2.40. The van der Waals surface area contributed by atoms with Crippen LogP contribution in [0.25, 0.3) is 0 Å². The third kappa shape index (κ3) is 3.91. The minimum Gasteiger partial charge on any atom is -0.305 e. The van der Waals surface area contributed by atoms with Crippen molar-refractivity contribution in [2.75, 3.05) is 0 Å². The molecule has 106 valence electrons. The van der Waals surface area contributed by atoms with Crippen LogP contribution in [0, 0.1) is 11.2 Å². The molecule has 0 heterocycles. The summed E-state index contributed by atoms with van der Waals surface area (Å²) in [4.78, 5) is 0. The molecule has 2 rings (SSSR count). The second kappa shape index (κ2) is 6.19. The van der Waals surface area contributed by atoms with E-state index < -0.39 is 0 Å². The largest absolute Gasteiger partial charge is 0.305 e. The molecule has 2 aromatic rings. The zero-order chi connectivity index (χ0) is 14.6. The molecule has 1 atom stereocenters. The molecule has 0 amide bonds. The summed E-state index contributed by atoms with van der Waals surface area (Å²) in [6.45, 7) is 7.39. The first-order valence-corrected chi connectivity index (χ1v) is 6.99. The predicted octanol–water partition coefficient (Wildman–Crippen LogP) is 4.70. The molecule has 1 N–H and O–H groups in total. The van der Waals surface area contributed by atoms with Gasteiger partial charge in [-0.05, 0) is 28.7 Å². The van der Waals surface area contributed by atoms with Crippen molar-refractivity contribution >= 4 is 0 Å². The van der Waals surface area contributed by atoms with E-state index >= 15 is 0 Å². The Kier molecular flexibility index (Phi) is 4.56. The lowest BCUT2D eigenvalue weighted by molar-refractivity contribution is 0.271. The molecule has 2 heteroatoms. The van der Waals surface area contributed by atoms with Gasteiger partial charge in [0.1, 0.15) is 5.82 Å². The molecular weight excluding hydrogens is 249 g/mol. The Morgan fingerprint density at radius 3 is 2.10 bits per heavy atom. The van der Waals surface area contributed by atoms with Crippen LogP contribution in [-0.2, 0) is 6.54 Å². The summed E-state index contributed by atoms with van der Waals surface area (Å²) >= 11 is 0. The molecule has 0 bridgehead atoms. The number of hydrogen-bond donors (Lipinski definition) is 1.